The quantitative estimate of drug-likeness (QED) is 0.704. The maximum atomic E-state index is 12.6. The Morgan fingerprint density at radius 1 is 1.14 bits per heavy atom. The molecule has 1 aromatic carbocycles. The number of nitrogens with one attached hydrogen (secondary N) is 1. The molecule has 9 heteroatoms. The number of amides is 1. The molecule has 2 aromatic heterocycles. The van der Waals surface area contributed by atoms with Gasteiger partial charge in [0.25, 0.3) is 0 Å². The molecule has 150 valence electrons. The lowest BCUT2D eigenvalue weighted by atomic mass is 10.0. The molecule has 2 aliphatic heterocycles. The standard InChI is InChI=1S/C20H23N7O2/c28-20(22-16-7-12-29-17-4-2-1-3-15(16)17)13-25-8-10-26(11-9-25)19-6-5-18-23-21-14-27(18)24-19/h1-6,14,16H,7-13H2,(H,22,28)/t16-/m1/s1. The lowest BCUT2D eigenvalue weighted by Gasteiger charge is -2.35. The van der Waals surface area contributed by atoms with Crippen molar-refractivity contribution < 1.29 is 9.53 Å². The minimum Gasteiger partial charge on any atom is -0.493 e. The van der Waals surface area contributed by atoms with Crippen molar-refractivity contribution in [2.75, 3.05) is 44.2 Å². The molecule has 0 aliphatic carbocycles. The molecule has 1 N–H and O–H groups in total. The van der Waals surface area contributed by atoms with E-state index in [9.17, 15) is 4.79 Å². The fourth-order valence-corrected chi connectivity index (χ4v) is 3.96. The first-order chi connectivity index (χ1) is 14.3. The molecule has 1 saturated heterocycles. The van der Waals surface area contributed by atoms with E-state index in [0.717, 1.165) is 55.4 Å². The van der Waals surface area contributed by atoms with Gasteiger partial charge in [0.05, 0.1) is 19.2 Å². The van der Waals surface area contributed by atoms with Gasteiger partial charge in [-0.3, -0.25) is 9.69 Å². The van der Waals surface area contributed by atoms with Gasteiger partial charge in [0.2, 0.25) is 5.91 Å². The molecule has 0 radical (unpaired) electrons. The molecule has 0 bridgehead atoms. The first-order valence-electron chi connectivity index (χ1n) is 9.92. The Bertz CT molecular complexity index is 1010. The van der Waals surface area contributed by atoms with E-state index in [1.807, 2.05) is 36.4 Å². The Morgan fingerprint density at radius 2 is 2.00 bits per heavy atom. The average molecular weight is 393 g/mol. The van der Waals surface area contributed by atoms with Crippen molar-refractivity contribution >= 4 is 17.4 Å². The Morgan fingerprint density at radius 3 is 2.90 bits per heavy atom. The number of hydrogen-bond donors (Lipinski definition) is 1. The highest BCUT2D eigenvalue weighted by molar-refractivity contribution is 5.78. The minimum atomic E-state index is 0.0217. The van der Waals surface area contributed by atoms with Gasteiger partial charge in [-0.1, -0.05) is 18.2 Å². The summed E-state index contributed by atoms with van der Waals surface area (Å²) in [6, 6.07) is 11.8. The zero-order valence-corrected chi connectivity index (χ0v) is 16.1. The topological polar surface area (TPSA) is 87.9 Å². The van der Waals surface area contributed by atoms with Gasteiger partial charge in [0.1, 0.15) is 17.9 Å². The van der Waals surface area contributed by atoms with Crippen molar-refractivity contribution in [1.29, 1.82) is 0 Å². The number of carbonyl (C=O) groups is 1. The molecule has 5 rings (SSSR count). The van der Waals surface area contributed by atoms with E-state index in [4.69, 9.17) is 4.74 Å². The van der Waals surface area contributed by atoms with Crippen LogP contribution >= 0.6 is 0 Å². The van der Waals surface area contributed by atoms with E-state index in [1.165, 1.54) is 0 Å². The summed E-state index contributed by atoms with van der Waals surface area (Å²) in [5.74, 6) is 1.83. The van der Waals surface area contributed by atoms with Gasteiger partial charge in [-0.15, -0.1) is 15.3 Å². The maximum Gasteiger partial charge on any atom is 0.234 e. The second-order valence-electron chi connectivity index (χ2n) is 7.38. The fraction of sp³-hybridized carbons (Fsp3) is 0.400. The second-order valence-corrected chi connectivity index (χ2v) is 7.38. The minimum absolute atomic E-state index is 0.0217. The number of para-hydroxylation sites is 1. The van der Waals surface area contributed by atoms with Crippen molar-refractivity contribution in [3.05, 3.63) is 48.3 Å². The van der Waals surface area contributed by atoms with Crippen molar-refractivity contribution in [2.24, 2.45) is 0 Å². The summed E-state index contributed by atoms with van der Waals surface area (Å²) in [6.07, 6.45) is 2.40. The van der Waals surface area contributed by atoms with Crippen LogP contribution in [0.25, 0.3) is 5.65 Å². The number of aromatic nitrogens is 4. The number of carbonyl (C=O) groups excluding carboxylic acids is 1. The lowest BCUT2D eigenvalue weighted by Crippen LogP contribution is -2.50. The normalized spacial score (nSPS) is 19.6. The Labute approximate surface area is 168 Å². The highest BCUT2D eigenvalue weighted by Gasteiger charge is 2.25. The SMILES string of the molecule is O=C(CN1CCN(c2ccc3nncn3n2)CC1)N[C@@H]1CCOc2ccccc21. The zero-order valence-electron chi connectivity index (χ0n) is 16.1. The summed E-state index contributed by atoms with van der Waals surface area (Å²) < 4.78 is 7.36. The van der Waals surface area contributed by atoms with Gasteiger partial charge < -0.3 is 15.0 Å². The molecule has 9 nitrogen and oxygen atoms in total. The number of piperazine rings is 1. The number of benzene rings is 1. The number of nitrogens with zero attached hydrogens (tertiary/aromatic N) is 6. The van der Waals surface area contributed by atoms with Crippen LogP contribution in [-0.2, 0) is 4.79 Å². The van der Waals surface area contributed by atoms with E-state index in [0.29, 0.717) is 13.2 Å². The average Bonchev–Trinajstić information content (AvgIpc) is 3.22. The van der Waals surface area contributed by atoms with E-state index in [2.05, 4.69) is 30.4 Å². The second kappa shape index (κ2) is 7.67. The van der Waals surface area contributed by atoms with Crippen LogP contribution < -0.4 is 15.0 Å². The molecule has 3 aromatic rings. The highest BCUT2D eigenvalue weighted by atomic mass is 16.5. The lowest BCUT2D eigenvalue weighted by molar-refractivity contribution is -0.123. The van der Waals surface area contributed by atoms with Crippen LogP contribution in [-0.4, -0.2) is 69.9 Å². The summed E-state index contributed by atoms with van der Waals surface area (Å²) in [6.45, 7) is 4.33. The van der Waals surface area contributed by atoms with Gasteiger partial charge in [0.15, 0.2) is 5.65 Å². The van der Waals surface area contributed by atoms with Gasteiger partial charge in [-0.2, -0.15) is 4.52 Å². The van der Waals surface area contributed by atoms with Gasteiger partial charge in [0, 0.05) is 38.2 Å². The Balaban J connectivity index is 1.15. The van der Waals surface area contributed by atoms with E-state index in [-0.39, 0.29) is 11.9 Å². The van der Waals surface area contributed by atoms with Crippen molar-refractivity contribution in [1.82, 2.24) is 30.0 Å². The van der Waals surface area contributed by atoms with Gasteiger partial charge in [-0.05, 0) is 18.2 Å². The van der Waals surface area contributed by atoms with Gasteiger partial charge in [-0.25, -0.2) is 0 Å². The van der Waals surface area contributed by atoms with E-state index >= 15 is 0 Å². The number of ether oxygens (including phenoxy) is 1. The summed E-state index contributed by atoms with van der Waals surface area (Å²) in [5.41, 5.74) is 1.80. The van der Waals surface area contributed by atoms with Gasteiger partial charge >= 0.3 is 0 Å². The third kappa shape index (κ3) is 3.73. The highest BCUT2D eigenvalue weighted by Crippen LogP contribution is 2.31. The molecule has 2 aliphatic rings. The van der Waals surface area contributed by atoms with Crippen LogP contribution in [0, 0.1) is 0 Å². The first-order valence-corrected chi connectivity index (χ1v) is 9.92. The Kier molecular flexibility index (Phi) is 4.73. The fourth-order valence-electron chi connectivity index (χ4n) is 3.96. The molecule has 29 heavy (non-hydrogen) atoms. The van der Waals surface area contributed by atoms with Crippen LogP contribution in [0.4, 0.5) is 5.82 Å². The van der Waals surface area contributed by atoms with Crippen molar-refractivity contribution in [3.63, 3.8) is 0 Å². The third-order valence-corrected chi connectivity index (χ3v) is 5.50. The summed E-state index contributed by atoms with van der Waals surface area (Å²) in [7, 11) is 0. The first kappa shape index (κ1) is 17.9. The number of fused-ring (bicyclic) bond motifs is 2. The molecule has 1 fully saturated rings. The van der Waals surface area contributed by atoms with E-state index in [1.54, 1.807) is 10.8 Å². The molecule has 0 spiro atoms. The van der Waals surface area contributed by atoms with Crippen LogP contribution in [0.1, 0.15) is 18.0 Å². The monoisotopic (exact) mass is 393 g/mol. The zero-order chi connectivity index (χ0) is 19.6. The number of hydrogen-bond acceptors (Lipinski definition) is 7. The molecule has 4 heterocycles. The molecular weight excluding hydrogens is 370 g/mol. The third-order valence-electron chi connectivity index (χ3n) is 5.50. The molecule has 0 unspecified atom stereocenters. The predicted molar refractivity (Wildman–Crippen MR) is 107 cm³/mol. The molecular formula is C20H23N7O2. The summed E-state index contributed by atoms with van der Waals surface area (Å²) >= 11 is 0. The summed E-state index contributed by atoms with van der Waals surface area (Å²) in [4.78, 5) is 17.0. The van der Waals surface area contributed by atoms with Crippen LogP contribution in [0.3, 0.4) is 0 Å². The summed E-state index contributed by atoms with van der Waals surface area (Å²) in [5, 5.41) is 15.6. The maximum absolute atomic E-state index is 12.6. The molecule has 1 atom stereocenters. The number of rotatable bonds is 4. The predicted octanol–water partition coefficient (Wildman–Crippen LogP) is 0.886. The van der Waals surface area contributed by atoms with E-state index < -0.39 is 0 Å². The Hall–Kier alpha value is -3.20. The molecule has 0 saturated carbocycles. The van der Waals surface area contributed by atoms with Crippen molar-refractivity contribution in [3.8, 4) is 5.75 Å². The van der Waals surface area contributed by atoms with Crippen LogP contribution in [0.15, 0.2) is 42.7 Å². The van der Waals surface area contributed by atoms with Crippen LogP contribution in [0.2, 0.25) is 0 Å². The smallest absolute Gasteiger partial charge is 0.234 e. The largest absolute Gasteiger partial charge is 0.493 e. The van der Waals surface area contributed by atoms with Crippen LogP contribution in [0.5, 0.6) is 5.75 Å². The van der Waals surface area contributed by atoms with Crippen molar-refractivity contribution in [2.45, 2.75) is 12.5 Å². The molecule has 1 amide bonds. The number of anilines is 1.